The summed E-state index contributed by atoms with van der Waals surface area (Å²) in [5.74, 6) is -1.90. The van der Waals surface area contributed by atoms with Crippen LogP contribution in [0.2, 0.25) is 0 Å². The Morgan fingerprint density at radius 1 is 1.10 bits per heavy atom. The lowest BCUT2D eigenvalue weighted by Gasteiger charge is -2.21. The van der Waals surface area contributed by atoms with Crippen LogP contribution in [0.25, 0.3) is 0 Å². The van der Waals surface area contributed by atoms with Crippen LogP contribution in [0.1, 0.15) is 20.8 Å². The molecule has 0 saturated heterocycles. The maximum Gasteiger partial charge on any atom is 0.331 e. The predicted molar refractivity (Wildman–Crippen MR) is 79.0 cm³/mol. The van der Waals surface area contributed by atoms with Crippen molar-refractivity contribution in [3.05, 3.63) is 41.5 Å². The highest BCUT2D eigenvalue weighted by molar-refractivity contribution is 6.10. The highest BCUT2D eigenvalue weighted by Crippen LogP contribution is 2.13. The Labute approximate surface area is 123 Å². The van der Waals surface area contributed by atoms with Crippen LogP contribution in [0.4, 0.5) is 10.5 Å². The molecule has 0 saturated carbocycles. The molecule has 1 aromatic rings. The van der Waals surface area contributed by atoms with E-state index in [2.05, 4.69) is 5.32 Å². The van der Waals surface area contributed by atoms with Gasteiger partial charge >= 0.3 is 12.0 Å². The molecule has 0 aromatic heterocycles. The summed E-state index contributed by atoms with van der Waals surface area (Å²) < 4.78 is 0. The number of amides is 3. The minimum Gasteiger partial charge on any atom is -0.478 e. The first kappa shape index (κ1) is 16.4. The van der Waals surface area contributed by atoms with Crippen molar-refractivity contribution in [2.24, 2.45) is 0 Å². The Morgan fingerprint density at radius 2 is 1.67 bits per heavy atom. The smallest absolute Gasteiger partial charge is 0.331 e. The third kappa shape index (κ3) is 4.17. The van der Waals surface area contributed by atoms with Crippen LogP contribution in [0.3, 0.4) is 0 Å². The minimum atomic E-state index is -1.19. The largest absolute Gasteiger partial charge is 0.478 e. The zero-order valence-corrected chi connectivity index (χ0v) is 12.2. The average Bonchev–Trinajstić information content (AvgIpc) is 2.47. The number of urea groups is 1. The fourth-order valence-electron chi connectivity index (χ4n) is 1.64. The zero-order chi connectivity index (χ0) is 16.0. The molecule has 0 aliphatic carbocycles. The van der Waals surface area contributed by atoms with E-state index >= 15 is 0 Å². The second kappa shape index (κ2) is 7.23. The van der Waals surface area contributed by atoms with E-state index in [1.807, 2.05) is 6.07 Å². The molecule has 0 fully saturated rings. The number of hydrogen-bond acceptors (Lipinski definition) is 3. The Kier molecular flexibility index (Phi) is 5.66. The van der Waals surface area contributed by atoms with E-state index in [0.29, 0.717) is 12.2 Å². The number of rotatable bonds is 4. The third-order valence-corrected chi connectivity index (χ3v) is 3.07. The summed E-state index contributed by atoms with van der Waals surface area (Å²) in [6.45, 7) is 4.84. The molecule has 6 heteroatoms. The standard InChI is InChI=1S/C15H18N2O4/c1-4-17(12-8-6-5-7-9-12)15(21)16-13(18)10(2)11(3)14(19)20/h5-9H,4H2,1-3H3,(H,19,20)(H,16,18,21). The first-order valence-electron chi connectivity index (χ1n) is 6.47. The van der Waals surface area contributed by atoms with E-state index in [9.17, 15) is 14.4 Å². The number of hydrogen-bond donors (Lipinski definition) is 2. The molecular formula is C15H18N2O4. The van der Waals surface area contributed by atoms with Crippen LogP contribution in [0.15, 0.2) is 41.5 Å². The lowest BCUT2D eigenvalue weighted by Crippen LogP contribution is -2.43. The molecule has 0 heterocycles. The van der Waals surface area contributed by atoms with Gasteiger partial charge in [0.1, 0.15) is 0 Å². The second-order valence-corrected chi connectivity index (χ2v) is 4.39. The Hall–Kier alpha value is -2.63. The maximum atomic E-state index is 12.1. The molecule has 112 valence electrons. The minimum absolute atomic E-state index is 0.0000326. The molecule has 6 nitrogen and oxygen atoms in total. The van der Waals surface area contributed by atoms with Crippen molar-refractivity contribution in [1.82, 2.24) is 5.32 Å². The van der Waals surface area contributed by atoms with Crippen molar-refractivity contribution in [2.75, 3.05) is 11.4 Å². The number of aliphatic carboxylic acids is 1. The van der Waals surface area contributed by atoms with E-state index in [4.69, 9.17) is 5.11 Å². The Bertz CT molecular complexity index is 579. The van der Waals surface area contributed by atoms with Gasteiger partial charge in [-0.15, -0.1) is 0 Å². The quantitative estimate of drug-likeness (QED) is 0.832. The number of carbonyl (C=O) groups is 3. The van der Waals surface area contributed by atoms with Crippen LogP contribution >= 0.6 is 0 Å². The van der Waals surface area contributed by atoms with Crippen LogP contribution in [-0.4, -0.2) is 29.6 Å². The van der Waals surface area contributed by atoms with Gasteiger partial charge in [-0.3, -0.25) is 15.0 Å². The number of carboxylic acids is 1. The molecule has 0 bridgehead atoms. The van der Waals surface area contributed by atoms with Gasteiger partial charge in [0.15, 0.2) is 0 Å². The fraction of sp³-hybridized carbons (Fsp3) is 0.267. The number of carbonyl (C=O) groups excluding carboxylic acids is 2. The summed E-state index contributed by atoms with van der Waals surface area (Å²) in [6.07, 6.45) is 0. The van der Waals surface area contributed by atoms with Crippen LogP contribution in [-0.2, 0) is 9.59 Å². The molecule has 1 aromatic carbocycles. The third-order valence-electron chi connectivity index (χ3n) is 3.07. The monoisotopic (exact) mass is 290 g/mol. The van der Waals surface area contributed by atoms with E-state index < -0.39 is 17.9 Å². The fourth-order valence-corrected chi connectivity index (χ4v) is 1.64. The molecule has 0 spiro atoms. The zero-order valence-electron chi connectivity index (χ0n) is 12.2. The van der Waals surface area contributed by atoms with E-state index in [1.54, 1.807) is 31.2 Å². The number of para-hydroxylation sites is 1. The average molecular weight is 290 g/mol. The van der Waals surface area contributed by atoms with Crippen molar-refractivity contribution >= 4 is 23.6 Å². The van der Waals surface area contributed by atoms with E-state index in [-0.39, 0.29) is 11.1 Å². The van der Waals surface area contributed by atoms with Gasteiger partial charge in [-0.05, 0) is 32.9 Å². The summed E-state index contributed by atoms with van der Waals surface area (Å²) in [5.41, 5.74) is 0.560. The predicted octanol–water partition coefficient (Wildman–Crippen LogP) is 2.17. The normalized spacial score (nSPS) is 11.4. The second-order valence-electron chi connectivity index (χ2n) is 4.39. The van der Waals surface area contributed by atoms with Gasteiger partial charge in [0.25, 0.3) is 5.91 Å². The topological polar surface area (TPSA) is 86.7 Å². The summed E-state index contributed by atoms with van der Waals surface area (Å²) in [6, 6.07) is 8.30. The number of imide groups is 1. The van der Waals surface area contributed by atoms with Crippen molar-refractivity contribution in [3.63, 3.8) is 0 Å². The van der Waals surface area contributed by atoms with Gasteiger partial charge in [-0.25, -0.2) is 9.59 Å². The Balaban J connectivity index is 2.87. The van der Waals surface area contributed by atoms with Gasteiger partial charge in [-0.1, -0.05) is 18.2 Å². The van der Waals surface area contributed by atoms with Crippen molar-refractivity contribution in [2.45, 2.75) is 20.8 Å². The summed E-state index contributed by atoms with van der Waals surface area (Å²) >= 11 is 0. The number of nitrogens with zero attached hydrogens (tertiary/aromatic N) is 1. The molecule has 0 unspecified atom stereocenters. The summed E-state index contributed by atoms with van der Waals surface area (Å²) in [4.78, 5) is 36.2. The van der Waals surface area contributed by atoms with Crippen LogP contribution in [0.5, 0.6) is 0 Å². The van der Waals surface area contributed by atoms with Gasteiger partial charge in [0, 0.05) is 23.4 Å². The molecular weight excluding hydrogens is 272 g/mol. The summed E-state index contributed by atoms with van der Waals surface area (Å²) in [5, 5.41) is 11.0. The van der Waals surface area contributed by atoms with Gasteiger partial charge in [-0.2, -0.15) is 0 Å². The van der Waals surface area contributed by atoms with Crippen molar-refractivity contribution < 1.29 is 19.5 Å². The van der Waals surface area contributed by atoms with Crippen LogP contribution < -0.4 is 10.2 Å². The molecule has 21 heavy (non-hydrogen) atoms. The van der Waals surface area contributed by atoms with Crippen molar-refractivity contribution in [3.8, 4) is 0 Å². The molecule has 1 rings (SSSR count). The van der Waals surface area contributed by atoms with Gasteiger partial charge in [0.2, 0.25) is 0 Å². The van der Waals surface area contributed by atoms with Gasteiger partial charge in [0.05, 0.1) is 0 Å². The van der Waals surface area contributed by atoms with Gasteiger partial charge < -0.3 is 5.11 Å². The lowest BCUT2D eigenvalue weighted by atomic mass is 10.1. The molecule has 0 atom stereocenters. The highest BCUT2D eigenvalue weighted by Gasteiger charge is 2.19. The SMILES string of the molecule is CCN(C(=O)NC(=O)C(C)=C(C)C(=O)O)c1ccccc1. The first-order chi connectivity index (χ1) is 9.88. The molecule has 3 amide bonds. The number of benzene rings is 1. The van der Waals surface area contributed by atoms with Crippen molar-refractivity contribution in [1.29, 1.82) is 0 Å². The number of nitrogens with one attached hydrogen (secondary N) is 1. The van der Waals surface area contributed by atoms with Crippen LogP contribution in [0, 0.1) is 0 Å². The molecule has 0 aliphatic heterocycles. The van der Waals surface area contributed by atoms with E-state index in [0.717, 1.165) is 0 Å². The number of anilines is 1. The maximum absolute atomic E-state index is 12.1. The lowest BCUT2D eigenvalue weighted by molar-refractivity contribution is -0.133. The summed E-state index contributed by atoms with van der Waals surface area (Å²) in [7, 11) is 0. The Morgan fingerprint density at radius 3 is 2.14 bits per heavy atom. The first-order valence-corrected chi connectivity index (χ1v) is 6.47. The molecule has 0 radical (unpaired) electrons. The highest BCUT2D eigenvalue weighted by atomic mass is 16.4. The molecule has 2 N–H and O–H groups in total. The molecule has 0 aliphatic rings. The number of carboxylic acid groups (broad SMARTS) is 1. The van der Waals surface area contributed by atoms with E-state index in [1.165, 1.54) is 18.7 Å².